The molecule has 1 aliphatic heterocycles. The first-order chi connectivity index (χ1) is 26.4. The minimum Gasteiger partial charge on any atom is -0.456 e. The van der Waals surface area contributed by atoms with Crippen molar-refractivity contribution in [3.63, 3.8) is 0 Å². The average Bonchev–Trinajstić information content (AvgIpc) is 3.55. The zero-order chi connectivity index (χ0) is 39.3. The largest absolute Gasteiger partial charge is 0.456 e. The van der Waals surface area contributed by atoms with E-state index < -0.39 is 18.2 Å². The lowest BCUT2D eigenvalue weighted by Gasteiger charge is -2.20. The summed E-state index contributed by atoms with van der Waals surface area (Å²) < 4.78 is 11.7. The van der Waals surface area contributed by atoms with Crippen LogP contribution in [0.1, 0.15) is 187 Å². The predicted molar refractivity (Wildman–Crippen MR) is 226 cm³/mol. The van der Waals surface area contributed by atoms with E-state index in [-0.39, 0.29) is 30.9 Å². The molecule has 8 nitrogen and oxygen atoms in total. The van der Waals surface area contributed by atoms with Crippen LogP contribution in [-0.2, 0) is 23.9 Å². The van der Waals surface area contributed by atoms with E-state index in [1.807, 2.05) is 0 Å². The van der Waals surface area contributed by atoms with Crippen molar-refractivity contribution in [3.8, 4) is 0 Å². The van der Waals surface area contributed by atoms with Crippen LogP contribution in [0.2, 0.25) is 0 Å². The molecule has 0 saturated carbocycles. The molecule has 0 aliphatic carbocycles. The van der Waals surface area contributed by atoms with Crippen molar-refractivity contribution in [2.45, 2.75) is 205 Å². The highest BCUT2D eigenvalue weighted by Crippen LogP contribution is 2.21. The fraction of sp³-hybridized carbons (Fsp3) is 0.761. The van der Waals surface area contributed by atoms with E-state index >= 15 is 0 Å². The summed E-state index contributed by atoms with van der Waals surface area (Å²) in [5.74, 6) is -0.807. The summed E-state index contributed by atoms with van der Waals surface area (Å²) in [5.41, 5.74) is 11.8. The van der Waals surface area contributed by atoms with Gasteiger partial charge in [0.05, 0.1) is 19.1 Å². The Morgan fingerprint density at radius 2 is 0.944 bits per heavy atom. The van der Waals surface area contributed by atoms with Gasteiger partial charge >= 0.3 is 11.9 Å². The van der Waals surface area contributed by atoms with Crippen LogP contribution in [0, 0.1) is 0 Å². The molecule has 0 radical (unpaired) electrons. The lowest BCUT2D eigenvalue weighted by molar-refractivity contribution is -0.164. The topological polar surface area (TPSA) is 125 Å². The fourth-order valence-corrected chi connectivity index (χ4v) is 6.63. The normalized spacial score (nSPS) is 16.8. The Labute approximate surface area is 331 Å². The molecule has 0 spiro atoms. The van der Waals surface area contributed by atoms with Gasteiger partial charge in [-0.05, 0) is 96.4 Å². The zero-order valence-electron chi connectivity index (χ0n) is 34.7. The van der Waals surface area contributed by atoms with Crippen LogP contribution in [0.5, 0.6) is 0 Å². The van der Waals surface area contributed by atoms with Gasteiger partial charge in [0.1, 0.15) is 0 Å². The van der Waals surface area contributed by atoms with Gasteiger partial charge in [-0.15, -0.1) is 0 Å². The molecule has 1 fully saturated rings. The molecule has 1 saturated heterocycles. The Morgan fingerprint density at radius 3 is 1.35 bits per heavy atom. The van der Waals surface area contributed by atoms with Gasteiger partial charge in [-0.2, -0.15) is 0 Å². The highest BCUT2D eigenvalue weighted by atomic mass is 16.6. The van der Waals surface area contributed by atoms with Crippen molar-refractivity contribution in [2.75, 3.05) is 19.6 Å². The van der Waals surface area contributed by atoms with Crippen LogP contribution in [0.25, 0.3) is 0 Å². The van der Waals surface area contributed by atoms with Crippen LogP contribution < -0.4 is 11.5 Å². The molecule has 1 rings (SSSR count). The van der Waals surface area contributed by atoms with Crippen LogP contribution in [0.3, 0.4) is 0 Å². The van der Waals surface area contributed by atoms with Crippen LogP contribution in [0.15, 0.2) is 48.6 Å². The van der Waals surface area contributed by atoms with Crippen molar-refractivity contribution >= 4 is 17.8 Å². The number of amides is 1. The van der Waals surface area contributed by atoms with Gasteiger partial charge in [-0.3, -0.25) is 14.4 Å². The average molecular weight is 756 g/mol. The molecule has 3 atom stereocenters. The van der Waals surface area contributed by atoms with Crippen molar-refractivity contribution in [2.24, 2.45) is 11.5 Å². The van der Waals surface area contributed by atoms with Crippen molar-refractivity contribution in [1.29, 1.82) is 0 Å². The lowest BCUT2D eigenvalue weighted by atomic mass is 10.1. The number of carbonyl (C=O) groups is 3. The molecule has 8 heteroatoms. The molecule has 1 unspecified atom stereocenters. The van der Waals surface area contributed by atoms with E-state index in [0.29, 0.717) is 25.8 Å². The minimum atomic E-state index is -0.677. The fourth-order valence-electron chi connectivity index (χ4n) is 6.63. The zero-order valence-corrected chi connectivity index (χ0v) is 34.7. The Kier molecular flexibility index (Phi) is 32.8. The second kappa shape index (κ2) is 36.0. The van der Waals surface area contributed by atoms with E-state index in [1.54, 1.807) is 4.90 Å². The molecule has 0 aromatic rings. The molecule has 4 N–H and O–H groups in total. The Morgan fingerprint density at radius 1 is 0.556 bits per heavy atom. The molecular formula is C46H81N3O5. The van der Waals surface area contributed by atoms with E-state index in [0.717, 1.165) is 103 Å². The van der Waals surface area contributed by atoms with E-state index in [4.69, 9.17) is 20.9 Å². The third-order valence-electron chi connectivity index (χ3n) is 10.0. The molecule has 0 aromatic carbocycles. The predicted octanol–water partition coefficient (Wildman–Crippen LogP) is 10.7. The molecule has 0 bridgehead atoms. The second-order valence-electron chi connectivity index (χ2n) is 15.2. The summed E-state index contributed by atoms with van der Waals surface area (Å²) in [4.78, 5) is 40.4. The first kappa shape index (κ1) is 49.3. The Hall–Kier alpha value is -2.71. The quantitative estimate of drug-likeness (QED) is 0.0375. The molecule has 1 amide bonds. The summed E-state index contributed by atoms with van der Waals surface area (Å²) in [6, 6.07) is -0.650. The number of esters is 2. The molecule has 1 heterocycles. The van der Waals surface area contributed by atoms with Crippen LogP contribution in [-0.4, -0.2) is 60.6 Å². The molecule has 0 aromatic heterocycles. The molecule has 1 aliphatic rings. The number of hydrogen-bond donors (Lipinski definition) is 2. The number of allylic oxidation sites excluding steroid dienone is 8. The summed E-state index contributed by atoms with van der Waals surface area (Å²) in [6.45, 7) is 5.41. The highest BCUT2D eigenvalue weighted by Gasteiger charge is 2.41. The maximum absolute atomic E-state index is 13.1. The number of nitrogens with zero attached hydrogens (tertiary/aromatic N) is 1. The lowest BCUT2D eigenvalue weighted by Crippen LogP contribution is -2.43. The number of ether oxygens (including phenoxy) is 2. The highest BCUT2D eigenvalue weighted by molar-refractivity contribution is 5.82. The summed E-state index contributed by atoms with van der Waals surface area (Å²) in [5, 5.41) is 0. The maximum Gasteiger partial charge on any atom is 0.306 e. The smallest absolute Gasteiger partial charge is 0.306 e. The van der Waals surface area contributed by atoms with Gasteiger partial charge < -0.3 is 25.8 Å². The summed E-state index contributed by atoms with van der Waals surface area (Å²) >= 11 is 0. The number of rotatable bonds is 35. The van der Waals surface area contributed by atoms with Gasteiger partial charge in [-0.1, -0.05) is 133 Å². The van der Waals surface area contributed by atoms with Gasteiger partial charge in [0, 0.05) is 12.8 Å². The number of unbranched alkanes of at least 4 members (excludes halogenated alkanes) is 17. The Balaban J connectivity index is 2.38. The maximum atomic E-state index is 13.1. The third kappa shape index (κ3) is 27.8. The number of likely N-dealkylation sites (tertiary alicyclic amines) is 1. The Bertz CT molecular complexity index is 987. The van der Waals surface area contributed by atoms with Gasteiger partial charge in [0.2, 0.25) is 5.91 Å². The number of hydrogen-bond acceptors (Lipinski definition) is 7. The van der Waals surface area contributed by atoms with Crippen LogP contribution >= 0.6 is 0 Å². The second-order valence-corrected chi connectivity index (χ2v) is 15.2. The van der Waals surface area contributed by atoms with E-state index in [2.05, 4.69) is 62.5 Å². The van der Waals surface area contributed by atoms with Gasteiger partial charge in [0.25, 0.3) is 0 Å². The number of carbonyl (C=O) groups excluding carboxylic acids is 3. The van der Waals surface area contributed by atoms with Gasteiger partial charge in [-0.25, -0.2) is 0 Å². The SMILES string of the molecule is CCCCCC=CCC=CCCCCCCCC(=O)OC1CN(C(=O)[C@@H](N)CCCCN)C[C@H]1OC(=O)CCCCCCCC=CCC=CCCCCC. The van der Waals surface area contributed by atoms with E-state index in [9.17, 15) is 14.4 Å². The summed E-state index contributed by atoms with van der Waals surface area (Å²) in [7, 11) is 0. The monoisotopic (exact) mass is 756 g/mol. The minimum absolute atomic E-state index is 0.193. The molecule has 310 valence electrons. The summed E-state index contributed by atoms with van der Waals surface area (Å²) in [6.07, 6.45) is 44.1. The first-order valence-electron chi connectivity index (χ1n) is 22.2. The first-order valence-corrected chi connectivity index (χ1v) is 22.2. The molecular weight excluding hydrogens is 675 g/mol. The number of nitrogens with two attached hydrogens (primary N) is 2. The van der Waals surface area contributed by atoms with Crippen molar-refractivity contribution < 1.29 is 23.9 Å². The van der Waals surface area contributed by atoms with E-state index in [1.165, 1.54) is 51.4 Å². The third-order valence-corrected chi connectivity index (χ3v) is 10.0. The van der Waals surface area contributed by atoms with Gasteiger partial charge in [0.15, 0.2) is 12.2 Å². The molecule has 54 heavy (non-hydrogen) atoms. The van der Waals surface area contributed by atoms with Crippen molar-refractivity contribution in [1.82, 2.24) is 4.90 Å². The van der Waals surface area contributed by atoms with Crippen molar-refractivity contribution in [3.05, 3.63) is 48.6 Å². The standard InChI is InChI=1S/C46H81N3O5/c1-3-5-7-9-11-13-15-17-19-21-23-25-27-29-31-36-44(50)53-42-39-49(46(52)41(48)35-33-34-38-47)40-43(42)54-45(51)37-32-30-28-26-24-22-20-18-16-14-12-10-8-6-4-2/h11-14,17-20,41-43H,3-10,15-16,21-40,47-48H2,1-2H3/t41-,42+,43?/m0/s1. The van der Waals surface area contributed by atoms with Crippen LogP contribution in [0.4, 0.5) is 0 Å².